The highest BCUT2D eigenvalue weighted by atomic mass is 19.4. The highest BCUT2D eigenvalue weighted by Gasteiger charge is 2.40. The monoisotopic (exact) mass is 699 g/mol. The predicted octanol–water partition coefficient (Wildman–Crippen LogP) is 7.56. The molecule has 2 saturated heterocycles. The minimum Gasteiger partial charge on any atom is -0.493 e. The summed E-state index contributed by atoms with van der Waals surface area (Å²) in [6.07, 6.45) is 1.07. The van der Waals surface area contributed by atoms with Gasteiger partial charge in [0.2, 0.25) is 0 Å². The zero-order chi connectivity index (χ0) is 35.7. The molecule has 270 valence electrons. The second-order valence-electron chi connectivity index (χ2n) is 13.2. The topological polar surface area (TPSA) is 74.0 Å². The lowest BCUT2D eigenvalue weighted by atomic mass is 9.94. The Balaban J connectivity index is 1.40. The van der Waals surface area contributed by atoms with Gasteiger partial charge < -0.3 is 23.7 Å². The fourth-order valence-electron chi connectivity index (χ4n) is 7.54. The van der Waals surface area contributed by atoms with Crippen molar-refractivity contribution >= 4 is 16.7 Å². The van der Waals surface area contributed by atoms with Gasteiger partial charge in [-0.25, -0.2) is 9.07 Å². The largest absolute Gasteiger partial charge is 0.493 e. The zero-order valence-electron chi connectivity index (χ0n) is 29.2. The second-order valence-corrected chi connectivity index (χ2v) is 13.2. The van der Waals surface area contributed by atoms with E-state index in [2.05, 4.69) is 9.80 Å². The van der Waals surface area contributed by atoms with Gasteiger partial charge in [-0.1, -0.05) is 26.0 Å². The fraction of sp³-hybridized carbons (Fsp3) is 0.514. The van der Waals surface area contributed by atoms with E-state index in [1.54, 1.807) is 31.8 Å². The molecular weight excluding hydrogens is 654 g/mol. The number of aromatic nitrogens is 3. The molecule has 9 nitrogen and oxygen atoms in total. The second kappa shape index (κ2) is 14.6. The Kier molecular flexibility index (Phi) is 10.5. The first-order chi connectivity index (χ1) is 24.0. The maximum atomic E-state index is 14.1. The van der Waals surface area contributed by atoms with Crippen LogP contribution in [0.25, 0.3) is 11.0 Å². The molecule has 2 fully saturated rings. The third kappa shape index (κ3) is 6.94. The lowest BCUT2D eigenvalue weighted by Gasteiger charge is -2.49. The SMILES string of the molecule is CC[C@H]1CN(C(C)c2ccc(F)cc2C(F)(F)F)[C@H](CC)CN1c1cc(=O)n(Cc2ccc(OC)c(OC)c2)c2cn(C3CCCCO3)nc12. The molecule has 0 N–H and O–H groups in total. The zero-order valence-corrected chi connectivity index (χ0v) is 29.2. The predicted molar refractivity (Wildman–Crippen MR) is 184 cm³/mol. The van der Waals surface area contributed by atoms with Crippen LogP contribution in [0.15, 0.2) is 53.5 Å². The van der Waals surface area contributed by atoms with Crippen molar-refractivity contribution in [2.45, 2.75) is 89.9 Å². The molecule has 0 amide bonds. The number of hydrogen-bond donors (Lipinski definition) is 0. The van der Waals surface area contributed by atoms with Crippen LogP contribution >= 0.6 is 0 Å². The highest BCUT2D eigenvalue weighted by Crippen LogP contribution is 2.40. The molecule has 2 aromatic carbocycles. The van der Waals surface area contributed by atoms with Gasteiger partial charge in [0.15, 0.2) is 11.5 Å². The van der Waals surface area contributed by atoms with Crippen LogP contribution in [0, 0.1) is 5.82 Å². The van der Waals surface area contributed by atoms with Crippen LogP contribution < -0.4 is 19.9 Å². The van der Waals surface area contributed by atoms with E-state index in [1.807, 2.05) is 42.9 Å². The molecule has 4 aromatic rings. The third-order valence-corrected chi connectivity index (χ3v) is 10.3. The van der Waals surface area contributed by atoms with Crippen LogP contribution in [0.3, 0.4) is 0 Å². The smallest absolute Gasteiger partial charge is 0.416 e. The molecule has 0 saturated carbocycles. The first kappa shape index (κ1) is 35.7. The van der Waals surface area contributed by atoms with Crippen molar-refractivity contribution in [1.29, 1.82) is 0 Å². The van der Waals surface area contributed by atoms with E-state index in [4.69, 9.17) is 19.3 Å². The summed E-state index contributed by atoms with van der Waals surface area (Å²) < 4.78 is 76.7. The highest BCUT2D eigenvalue weighted by molar-refractivity contribution is 5.88. The van der Waals surface area contributed by atoms with E-state index in [9.17, 15) is 22.4 Å². The molecule has 4 heterocycles. The van der Waals surface area contributed by atoms with Crippen LogP contribution in [0.2, 0.25) is 0 Å². The van der Waals surface area contributed by atoms with Gasteiger partial charge in [-0.3, -0.25) is 9.69 Å². The molecule has 2 aromatic heterocycles. The van der Waals surface area contributed by atoms with Gasteiger partial charge in [-0.2, -0.15) is 18.3 Å². The number of anilines is 1. The Morgan fingerprint density at radius 3 is 2.40 bits per heavy atom. The Labute approximate surface area is 289 Å². The summed E-state index contributed by atoms with van der Waals surface area (Å²) in [5, 5.41) is 5.06. The van der Waals surface area contributed by atoms with Gasteiger partial charge >= 0.3 is 6.18 Å². The number of nitrogens with zero attached hydrogens (tertiary/aromatic N) is 5. The number of pyridine rings is 1. The molecule has 0 spiro atoms. The molecule has 13 heteroatoms. The number of methoxy groups -OCH3 is 2. The van der Waals surface area contributed by atoms with Crippen LogP contribution in [0.4, 0.5) is 23.2 Å². The van der Waals surface area contributed by atoms with E-state index >= 15 is 0 Å². The van der Waals surface area contributed by atoms with Gasteiger partial charge in [0, 0.05) is 43.9 Å². The number of ether oxygens (including phenoxy) is 3. The van der Waals surface area contributed by atoms with Crippen LogP contribution in [0.1, 0.15) is 81.8 Å². The number of piperazine rings is 1. The maximum absolute atomic E-state index is 14.1. The number of fused-ring (bicyclic) bond motifs is 1. The van der Waals surface area contributed by atoms with E-state index in [-0.39, 0.29) is 36.0 Å². The number of rotatable bonds is 10. The Bertz CT molecular complexity index is 1870. The quantitative estimate of drug-likeness (QED) is 0.158. The van der Waals surface area contributed by atoms with E-state index in [1.165, 1.54) is 6.07 Å². The Morgan fingerprint density at radius 2 is 1.74 bits per heavy atom. The molecule has 2 aliphatic rings. The average Bonchev–Trinajstić information content (AvgIpc) is 3.57. The van der Waals surface area contributed by atoms with Gasteiger partial charge in [0.1, 0.15) is 17.6 Å². The van der Waals surface area contributed by atoms with Crippen molar-refractivity contribution in [1.82, 2.24) is 19.2 Å². The van der Waals surface area contributed by atoms with Crippen molar-refractivity contribution in [3.05, 3.63) is 81.5 Å². The van der Waals surface area contributed by atoms with Crippen molar-refractivity contribution in [3.8, 4) is 11.5 Å². The van der Waals surface area contributed by atoms with Gasteiger partial charge in [-0.15, -0.1) is 0 Å². The third-order valence-electron chi connectivity index (χ3n) is 10.3. The summed E-state index contributed by atoms with van der Waals surface area (Å²) in [4.78, 5) is 18.4. The molecule has 0 bridgehead atoms. The van der Waals surface area contributed by atoms with Gasteiger partial charge in [-0.05, 0) is 74.4 Å². The van der Waals surface area contributed by atoms with E-state index in [0.717, 1.165) is 30.9 Å². The van der Waals surface area contributed by atoms with E-state index < -0.39 is 23.6 Å². The minimum atomic E-state index is -4.69. The number of hydrogen-bond acceptors (Lipinski definition) is 7. The first-order valence-corrected chi connectivity index (χ1v) is 17.3. The lowest BCUT2D eigenvalue weighted by Crippen LogP contribution is -2.59. The summed E-state index contributed by atoms with van der Waals surface area (Å²) in [5.41, 5.74) is 1.75. The van der Waals surface area contributed by atoms with E-state index in [0.29, 0.717) is 66.8 Å². The number of halogens is 4. The molecular formula is C37H45F4N5O4. The Morgan fingerprint density at radius 1 is 0.980 bits per heavy atom. The normalized spacial score (nSPS) is 21.1. The van der Waals surface area contributed by atoms with Gasteiger partial charge in [0.25, 0.3) is 5.56 Å². The molecule has 6 rings (SSSR count). The number of alkyl halides is 3. The van der Waals surface area contributed by atoms with Crippen molar-refractivity contribution in [2.75, 3.05) is 38.8 Å². The Hall–Kier alpha value is -4.10. The summed E-state index contributed by atoms with van der Waals surface area (Å²) in [6.45, 7) is 7.63. The molecule has 0 radical (unpaired) electrons. The van der Waals surface area contributed by atoms with Crippen LogP contribution in [-0.4, -0.2) is 65.2 Å². The fourth-order valence-corrected chi connectivity index (χ4v) is 7.54. The number of benzene rings is 2. The molecule has 2 unspecified atom stereocenters. The van der Waals surface area contributed by atoms with Crippen molar-refractivity contribution in [3.63, 3.8) is 0 Å². The van der Waals surface area contributed by atoms with Gasteiger partial charge in [0.05, 0.1) is 43.7 Å². The summed E-state index contributed by atoms with van der Waals surface area (Å²) in [7, 11) is 3.14. The standard InChI is InChI=1S/C37H45F4N5O4/c1-6-26-21-44(27(7-2)20-43(26)23(3)28-13-12-25(38)17-29(28)37(39,40)41)30-18-34(47)45(19-24-11-14-32(48-4)33(16-24)49-5)31-22-46(42-36(30)31)35-10-8-9-15-50-35/h11-14,16-18,22-23,26-27,35H,6-10,15,19-21H2,1-5H3/t23?,26-,27+,35?/m1/s1. The molecule has 2 aliphatic heterocycles. The first-order valence-electron chi connectivity index (χ1n) is 17.3. The van der Waals surface area contributed by atoms with Crippen LogP contribution in [-0.2, 0) is 17.5 Å². The van der Waals surface area contributed by atoms with Crippen molar-refractivity contribution < 1.29 is 31.8 Å². The molecule has 50 heavy (non-hydrogen) atoms. The van der Waals surface area contributed by atoms with Crippen molar-refractivity contribution in [2.24, 2.45) is 0 Å². The lowest BCUT2D eigenvalue weighted by molar-refractivity contribution is -0.139. The maximum Gasteiger partial charge on any atom is 0.416 e. The summed E-state index contributed by atoms with van der Waals surface area (Å²) in [6, 6.07) is 9.23. The summed E-state index contributed by atoms with van der Waals surface area (Å²) in [5.74, 6) is 0.230. The average molecular weight is 700 g/mol. The minimum absolute atomic E-state index is 0.0482. The van der Waals surface area contributed by atoms with Crippen LogP contribution in [0.5, 0.6) is 11.5 Å². The molecule has 0 aliphatic carbocycles. The molecule has 4 atom stereocenters. The summed E-state index contributed by atoms with van der Waals surface area (Å²) >= 11 is 0.